The molecule has 100 valence electrons. The van der Waals surface area contributed by atoms with E-state index in [-0.39, 0.29) is 6.10 Å². The maximum atomic E-state index is 9.06. The van der Waals surface area contributed by atoms with Crippen LogP contribution in [0.1, 0.15) is 16.7 Å². The van der Waals surface area contributed by atoms with Crippen LogP contribution in [0, 0.1) is 18.3 Å². The molecule has 0 aromatic heterocycles. The van der Waals surface area contributed by atoms with Crippen molar-refractivity contribution < 1.29 is 4.74 Å². The highest BCUT2D eigenvalue weighted by atomic mass is 16.5. The minimum absolute atomic E-state index is 0.124. The van der Waals surface area contributed by atoms with Gasteiger partial charge in [0.2, 0.25) is 0 Å². The summed E-state index contributed by atoms with van der Waals surface area (Å²) in [6.07, 6.45) is 1.04. The predicted octanol–water partition coefficient (Wildman–Crippen LogP) is 3.28. The van der Waals surface area contributed by atoms with Gasteiger partial charge in [-0.25, -0.2) is 0 Å². The zero-order chi connectivity index (χ0) is 13.9. The number of aryl methyl sites for hydroxylation is 1. The van der Waals surface area contributed by atoms with Crippen LogP contribution >= 0.6 is 0 Å². The van der Waals surface area contributed by atoms with Gasteiger partial charge in [-0.3, -0.25) is 0 Å². The van der Waals surface area contributed by atoms with Crippen LogP contribution in [0.5, 0.6) is 5.75 Å². The van der Waals surface area contributed by atoms with Crippen LogP contribution < -0.4 is 10.1 Å². The Labute approximate surface area is 118 Å². The molecule has 20 heavy (non-hydrogen) atoms. The first kappa shape index (κ1) is 12.6. The molecule has 3 nitrogen and oxygen atoms in total. The molecule has 1 unspecified atom stereocenters. The molecule has 1 heterocycles. The quantitative estimate of drug-likeness (QED) is 0.925. The summed E-state index contributed by atoms with van der Waals surface area (Å²) in [6, 6.07) is 16.0. The van der Waals surface area contributed by atoms with Crippen LogP contribution in [-0.2, 0) is 6.42 Å². The van der Waals surface area contributed by atoms with Crippen LogP contribution in [0.2, 0.25) is 0 Å². The molecular formula is C17H16N2O. The van der Waals surface area contributed by atoms with Gasteiger partial charge in [-0.2, -0.15) is 5.26 Å². The van der Waals surface area contributed by atoms with E-state index in [1.165, 1.54) is 11.1 Å². The normalized spacial score (nSPS) is 16.1. The molecule has 0 bridgehead atoms. The lowest BCUT2D eigenvalue weighted by Crippen LogP contribution is -2.24. The number of nitrogens with zero attached hydrogens (tertiary/aromatic N) is 1. The van der Waals surface area contributed by atoms with Gasteiger partial charge in [0, 0.05) is 6.42 Å². The van der Waals surface area contributed by atoms with E-state index in [9.17, 15) is 0 Å². The molecule has 2 aromatic carbocycles. The minimum Gasteiger partial charge on any atom is -0.488 e. The fourth-order valence-corrected chi connectivity index (χ4v) is 2.52. The number of hydrogen-bond donors (Lipinski definition) is 1. The van der Waals surface area contributed by atoms with Crippen molar-refractivity contribution in [3.63, 3.8) is 0 Å². The molecule has 0 spiro atoms. The third-order valence-corrected chi connectivity index (χ3v) is 3.52. The number of hydrogen-bond acceptors (Lipinski definition) is 3. The molecule has 1 aliphatic heterocycles. The number of benzene rings is 2. The summed E-state index contributed by atoms with van der Waals surface area (Å²) in [6.45, 7) is 2.79. The molecule has 0 saturated carbocycles. The van der Waals surface area contributed by atoms with Crippen LogP contribution in [0.15, 0.2) is 42.5 Å². The Morgan fingerprint density at radius 2 is 2.15 bits per heavy atom. The maximum Gasteiger partial charge on any atom is 0.123 e. The van der Waals surface area contributed by atoms with Crippen molar-refractivity contribution in [2.45, 2.75) is 19.4 Å². The van der Waals surface area contributed by atoms with Crippen molar-refractivity contribution in [2.75, 3.05) is 11.9 Å². The summed E-state index contributed by atoms with van der Waals surface area (Å²) in [5.74, 6) is 0.982. The molecule has 0 aliphatic carbocycles. The fourth-order valence-electron chi connectivity index (χ4n) is 2.52. The highest BCUT2D eigenvalue weighted by molar-refractivity contribution is 5.57. The third-order valence-electron chi connectivity index (χ3n) is 3.52. The van der Waals surface area contributed by atoms with Gasteiger partial charge in [0.05, 0.1) is 17.8 Å². The smallest absolute Gasteiger partial charge is 0.123 e. The fraction of sp³-hybridized carbons (Fsp3) is 0.235. The van der Waals surface area contributed by atoms with Crippen molar-refractivity contribution >= 4 is 5.69 Å². The van der Waals surface area contributed by atoms with Gasteiger partial charge in [0.25, 0.3) is 0 Å². The Kier molecular flexibility index (Phi) is 3.30. The number of rotatable bonds is 3. The Hall–Kier alpha value is -2.47. The van der Waals surface area contributed by atoms with Crippen molar-refractivity contribution in [2.24, 2.45) is 0 Å². The van der Waals surface area contributed by atoms with Crippen LogP contribution in [0.4, 0.5) is 5.69 Å². The van der Waals surface area contributed by atoms with Gasteiger partial charge < -0.3 is 10.1 Å². The summed E-state index contributed by atoms with van der Waals surface area (Å²) >= 11 is 0. The molecule has 3 heteroatoms. The Balaban J connectivity index is 1.66. The average Bonchev–Trinajstić information content (AvgIpc) is 2.87. The minimum atomic E-state index is 0.124. The third kappa shape index (κ3) is 2.46. The van der Waals surface area contributed by atoms with Gasteiger partial charge in [0.15, 0.2) is 0 Å². The first-order valence-electron chi connectivity index (χ1n) is 6.75. The molecular weight excluding hydrogens is 248 g/mol. The van der Waals surface area contributed by atoms with Crippen LogP contribution in [0.25, 0.3) is 0 Å². The molecule has 1 N–H and O–H groups in total. The Morgan fingerprint density at radius 3 is 3.00 bits per heavy atom. The number of anilines is 1. The van der Waals surface area contributed by atoms with E-state index in [0.29, 0.717) is 12.1 Å². The van der Waals surface area contributed by atoms with E-state index in [0.717, 1.165) is 17.9 Å². The van der Waals surface area contributed by atoms with Crippen molar-refractivity contribution in [3.05, 3.63) is 59.2 Å². The number of nitriles is 1. The van der Waals surface area contributed by atoms with Gasteiger partial charge >= 0.3 is 0 Å². The number of nitrogens with one attached hydrogen (secondary N) is 1. The first-order chi connectivity index (χ1) is 9.76. The van der Waals surface area contributed by atoms with Gasteiger partial charge in [0.1, 0.15) is 17.9 Å². The predicted molar refractivity (Wildman–Crippen MR) is 78.9 cm³/mol. The second kappa shape index (κ2) is 5.26. The van der Waals surface area contributed by atoms with Crippen LogP contribution in [-0.4, -0.2) is 12.6 Å². The lowest BCUT2D eigenvalue weighted by atomic mass is 10.1. The zero-order valence-electron chi connectivity index (χ0n) is 11.4. The van der Waals surface area contributed by atoms with E-state index < -0.39 is 0 Å². The maximum absolute atomic E-state index is 9.06. The van der Waals surface area contributed by atoms with Crippen molar-refractivity contribution in [3.8, 4) is 11.8 Å². The number of ether oxygens (including phenoxy) is 1. The highest BCUT2D eigenvalue weighted by Crippen LogP contribution is 2.29. The SMILES string of the molecule is Cc1ccc2c(c1)CC(CNc1ccccc1C#N)O2. The monoisotopic (exact) mass is 264 g/mol. The van der Waals surface area contributed by atoms with E-state index in [1.807, 2.05) is 30.3 Å². The number of para-hydroxylation sites is 1. The number of fused-ring (bicyclic) bond motifs is 1. The Bertz CT molecular complexity index is 673. The molecule has 1 aliphatic rings. The zero-order valence-corrected chi connectivity index (χ0v) is 11.4. The standard InChI is InChI=1S/C17H16N2O/c1-12-6-7-17-14(8-12)9-15(20-17)11-19-16-5-3-2-4-13(16)10-18/h2-8,15,19H,9,11H2,1H3. The van der Waals surface area contributed by atoms with Crippen LogP contribution in [0.3, 0.4) is 0 Å². The molecule has 0 saturated heterocycles. The van der Waals surface area contributed by atoms with E-state index in [1.54, 1.807) is 0 Å². The summed E-state index contributed by atoms with van der Waals surface area (Å²) < 4.78 is 5.91. The van der Waals surface area contributed by atoms with Crippen molar-refractivity contribution in [1.29, 1.82) is 5.26 Å². The lowest BCUT2D eigenvalue weighted by Gasteiger charge is -2.13. The second-order valence-corrected chi connectivity index (χ2v) is 5.09. The lowest BCUT2D eigenvalue weighted by molar-refractivity contribution is 0.246. The van der Waals surface area contributed by atoms with Gasteiger partial charge in [-0.05, 0) is 30.7 Å². The summed E-state index contributed by atoms with van der Waals surface area (Å²) in [5, 5.41) is 12.4. The molecule has 0 amide bonds. The molecule has 0 fully saturated rings. The van der Waals surface area contributed by atoms with Gasteiger partial charge in [-0.15, -0.1) is 0 Å². The average molecular weight is 264 g/mol. The summed E-state index contributed by atoms with van der Waals surface area (Å²) in [5.41, 5.74) is 4.06. The second-order valence-electron chi connectivity index (χ2n) is 5.09. The van der Waals surface area contributed by atoms with E-state index in [2.05, 4.69) is 30.4 Å². The molecule has 0 radical (unpaired) electrons. The largest absolute Gasteiger partial charge is 0.488 e. The van der Waals surface area contributed by atoms with Gasteiger partial charge in [-0.1, -0.05) is 29.8 Å². The topological polar surface area (TPSA) is 45.0 Å². The Morgan fingerprint density at radius 1 is 1.30 bits per heavy atom. The summed E-state index contributed by atoms with van der Waals surface area (Å²) in [7, 11) is 0. The van der Waals surface area contributed by atoms with Crippen molar-refractivity contribution in [1.82, 2.24) is 0 Å². The van der Waals surface area contributed by atoms with E-state index in [4.69, 9.17) is 10.00 Å². The first-order valence-corrected chi connectivity index (χ1v) is 6.75. The molecule has 2 aromatic rings. The molecule has 1 atom stereocenters. The highest BCUT2D eigenvalue weighted by Gasteiger charge is 2.22. The molecule has 3 rings (SSSR count). The summed E-state index contributed by atoms with van der Waals surface area (Å²) in [4.78, 5) is 0. The van der Waals surface area contributed by atoms with E-state index >= 15 is 0 Å².